The van der Waals surface area contributed by atoms with E-state index in [2.05, 4.69) is 21.1 Å². The summed E-state index contributed by atoms with van der Waals surface area (Å²) in [5, 5.41) is 12.5. The molecule has 5 aromatic rings. The molecule has 1 N–H and O–H groups in total. The molecule has 2 heterocycles. The van der Waals surface area contributed by atoms with E-state index in [0.717, 1.165) is 22.3 Å². The van der Waals surface area contributed by atoms with Gasteiger partial charge in [0.2, 0.25) is 0 Å². The number of H-pyrrole nitrogens is 1. The average Bonchev–Trinajstić information content (AvgIpc) is 3.18. The minimum absolute atomic E-state index is 0.192. The summed E-state index contributed by atoms with van der Waals surface area (Å²) in [6.45, 7) is 2.02. The number of aromatic amines is 1. The number of aromatic nitrogens is 4. The summed E-state index contributed by atoms with van der Waals surface area (Å²) in [5.74, 6) is 0.923. The number of nitrogens with zero attached hydrogens (tertiary/aromatic N) is 4. The molecule has 0 fully saturated rings. The first-order chi connectivity index (χ1) is 14.1. The molecule has 5 rings (SSSR count). The van der Waals surface area contributed by atoms with Gasteiger partial charge in [-0.1, -0.05) is 48.0 Å². The lowest BCUT2D eigenvalue weighted by atomic mass is 10.0. The topological polar surface area (TPSA) is 86.8 Å². The van der Waals surface area contributed by atoms with Crippen LogP contribution in [0.2, 0.25) is 0 Å². The zero-order valence-electron chi connectivity index (χ0n) is 15.5. The smallest absolute Gasteiger partial charge is 0.271 e. The predicted molar refractivity (Wildman–Crippen MR) is 111 cm³/mol. The fourth-order valence-electron chi connectivity index (χ4n) is 3.34. The van der Waals surface area contributed by atoms with Gasteiger partial charge in [0, 0.05) is 5.56 Å². The fraction of sp³-hybridized carbons (Fsp3) is 0.0435. The predicted octanol–water partition coefficient (Wildman–Crippen LogP) is 4.08. The first-order valence-electron chi connectivity index (χ1n) is 9.12. The minimum atomic E-state index is -0.192. The van der Waals surface area contributed by atoms with Crippen LogP contribution in [0.4, 0.5) is 0 Å². The molecule has 0 bridgehead atoms. The molecule has 6 heteroatoms. The van der Waals surface area contributed by atoms with Crippen molar-refractivity contribution < 1.29 is 0 Å². The van der Waals surface area contributed by atoms with Gasteiger partial charge in [-0.25, -0.2) is 4.98 Å². The van der Waals surface area contributed by atoms with Crippen LogP contribution in [-0.4, -0.2) is 19.6 Å². The van der Waals surface area contributed by atoms with E-state index in [1.165, 1.54) is 4.52 Å². The Hall–Kier alpha value is -4.24. The highest BCUT2D eigenvalue weighted by atomic mass is 16.1. The van der Waals surface area contributed by atoms with Crippen LogP contribution in [0, 0.1) is 18.3 Å². The molecular formula is C23H15N5O. The summed E-state index contributed by atoms with van der Waals surface area (Å²) in [4.78, 5) is 22.0. The number of aryl methyl sites for hydroxylation is 1. The van der Waals surface area contributed by atoms with Crippen LogP contribution in [-0.2, 0) is 0 Å². The summed E-state index contributed by atoms with van der Waals surface area (Å²) in [5.41, 5.74) is 4.92. The van der Waals surface area contributed by atoms with E-state index in [4.69, 9.17) is 5.26 Å². The van der Waals surface area contributed by atoms with Crippen molar-refractivity contribution in [3.05, 3.63) is 88.2 Å². The first-order valence-corrected chi connectivity index (χ1v) is 9.12. The second kappa shape index (κ2) is 6.43. The Morgan fingerprint density at radius 3 is 2.31 bits per heavy atom. The van der Waals surface area contributed by atoms with Crippen molar-refractivity contribution in [3.63, 3.8) is 0 Å². The zero-order valence-corrected chi connectivity index (χ0v) is 15.5. The molecule has 0 aliphatic rings. The lowest BCUT2D eigenvalue weighted by Crippen LogP contribution is -2.15. The van der Waals surface area contributed by atoms with Crippen molar-refractivity contribution in [1.29, 1.82) is 5.26 Å². The van der Waals surface area contributed by atoms with Gasteiger partial charge in [0.25, 0.3) is 11.3 Å². The van der Waals surface area contributed by atoms with Crippen LogP contribution in [0.5, 0.6) is 0 Å². The van der Waals surface area contributed by atoms with E-state index in [0.29, 0.717) is 28.1 Å². The van der Waals surface area contributed by atoms with Crippen molar-refractivity contribution in [1.82, 2.24) is 19.6 Å². The van der Waals surface area contributed by atoms with Crippen LogP contribution >= 0.6 is 0 Å². The maximum Gasteiger partial charge on any atom is 0.281 e. The van der Waals surface area contributed by atoms with Gasteiger partial charge in [0.05, 0.1) is 22.5 Å². The number of hydrogen-bond acceptors (Lipinski definition) is 4. The van der Waals surface area contributed by atoms with Gasteiger partial charge in [-0.15, -0.1) is 0 Å². The van der Waals surface area contributed by atoms with Gasteiger partial charge >= 0.3 is 0 Å². The second-order valence-electron chi connectivity index (χ2n) is 6.91. The largest absolute Gasteiger partial charge is 0.281 e. The third-order valence-corrected chi connectivity index (χ3v) is 4.95. The molecule has 0 saturated heterocycles. The Morgan fingerprint density at radius 2 is 1.59 bits per heavy atom. The molecular weight excluding hydrogens is 362 g/mol. The Kier molecular flexibility index (Phi) is 3.75. The van der Waals surface area contributed by atoms with Crippen LogP contribution in [0.15, 0.2) is 71.5 Å². The molecule has 6 nitrogen and oxygen atoms in total. The Morgan fingerprint density at radius 1 is 0.897 bits per heavy atom. The van der Waals surface area contributed by atoms with Crippen molar-refractivity contribution >= 4 is 16.7 Å². The van der Waals surface area contributed by atoms with Gasteiger partial charge < -0.3 is 0 Å². The molecule has 0 atom stereocenters. The molecule has 0 aliphatic heterocycles. The standard InChI is InChI=1S/C23H15N5O/c1-14-2-6-17(7-3-14)21-26-23-25-20-12-18(16-8-4-15(13-24)5-9-16)10-11-19(20)22(29)28(23)27-21/h2-12H,1H3,(H,25,26,27). The monoisotopic (exact) mass is 377 g/mol. The molecule has 3 aromatic carbocycles. The molecule has 29 heavy (non-hydrogen) atoms. The number of hydrogen-bond donors (Lipinski definition) is 1. The van der Waals surface area contributed by atoms with Gasteiger partial charge in [0.1, 0.15) is 0 Å². The van der Waals surface area contributed by atoms with E-state index < -0.39 is 0 Å². The van der Waals surface area contributed by atoms with Crippen molar-refractivity contribution in [2.24, 2.45) is 0 Å². The lowest BCUT2D eigenvalue weighted by molar-refractivity contribution is 0.919. The second-order valence-corrected chi connectivity index (χ2v) is 6.91. The zero-order chi connectivity index (χ0) is 20.0. The van der Waals surface area contributed by atoms with Gasteiger partial charge in [-0.3, -0.25) is 9.89 Å². The molecule has 0 saturated carbocycles. The summed E-state index contributed by atoms with van der Waals surface area (Å²) in [6, 6.07) is 22.9. The van der Waals surface area contributed by atoms with E-state index in [1.807, 2.05) is 55.5 Å². The molecule has 2 aromatic heterocycles. The number of benzene rings is 3. The number of nitriles is 1. The van der Waals surface area contributed by atoms with E-state index >= 15 is 0 Å². The van der Waals surface area contributed by atoms with Crippen LogP contribution in [0.25, 0.3) is 39.2 Å². The van der Waals surface area contributed by atoms with Crippen LogP contribution < -0.4 is 5.56 Å². The highest BCUT2D eigenvalue weighted by molar-refractivity contribution is 5.84. The summed E-state index contributed by atoms with van der Waals surface area (Å²) < 4.78 is 1.37. The molecule has 0 aliphatic carbocycles. The maximum absolute atomic E-state index is 12.9. The summed E-state index contributed by atoms with van der Waals surface area (Å²) in [6.07, 6.45) is 0. The average molecular weight is 377 g/mol. The number of fused-ring (bicyclic) bond motifs is 2. The van der Waals surface area contributed by atoms with Crippen molar-refractivity contribution in [2.75, 3.05) is 0 Å². The molecule has 0 radical (unpaired) electrons. The lowest BCUT2D eigenvalue weighted by Gasteiger charge is -2.04. The van der Waals surface area contributed by atoms with Crippen LogP contribution in [0.3, 0.4) is 0 Å². The molecule has 0 unspecified atom stereocenters. The van der Waals surface area contributed by atoms with E-state index in [1.54, 1.807) is 18.2 Å². The van der Waals surface area contributed by atoms with Gasteiger partial charge in [-0.2, -0.15) is 14.8 Å². The Bertz CT molecular complexity index is 1470. The number of rotatable bonds is 2. The quantitative estimate of drug-likeness (QED) is 0.502. The number of nitrogens with one attached hydrogen (secondary N) is 1. The first kappa shape index (κ1) is 16.9. The van der Waals surface area contributed by atoms with E-state index in [9.17, 15) is 4.79 Å². The minimum Gasteiger partial charge on any atom is -0.271 e. The molecule has 0 spiro atoms. The highest BCUT2D eigenvalue weighted by Crippen LogP contribution is 2.23. The third-order valence-electron chi connectivity index (χ3n) is 4.95. The van der Waals surface area contributed by atoms with Gasteiger partial charge in [-0.05, 0) is 42.3 Å². The fourth-order valence-corrected chi connectivity index (χ4v) is 3.34. The molecule has 0 amide bonds. The third kappa shape index (κ3) is 2.86. The van der Waals surface area contributed by atoms with Crippen molar-refractivity contribution in [2.45, 2.75) is 6.92 Å². The highest BCUT2D eigenvalue weighted by Gasteiger charge is 2.12. The normalized spacial score (nSPS) is 11.0. The Balaban J connectivity index is 1.66. The Labute approximate surface area is 165 Å². The summed E-state index contributed by atoms with van der Waals surface area (Å²) >= 11 is 0. The van der Waals surface area contributed by atoms with E-state index in [-0.39, 0.29) is 5.56 Å². The SMILES string of the molecule is Cc1ccc(-c2nc3nc4cc(-c5ccc(C#N)cc5)ccc4c(=O)n3[nH]2)cc1. The maximum atomic E-state index is 12.9. The molecule has 138 valence electrons. The van der Waals surface area contributed by atoms with Crippen molar-refractivity contribution in [3.8, 4) is 28.6 Å². The van der Waals surface area contributed by atoms with Gasteiger partial charge in [0.15, 0.2) is 5.82 Å². The van der Waals surface area contributed by atoms with Crippen LogP contribution in [0.1, 0.15) is 11.1 Å². The summed E-state index contributed by atoms with van der Waals surface area (Å²) in [7, 11) is 0.